The van der Waals surface area contributed by atoms with Gasteiger partial charge in [-0.3, -0.25) is 9.59 Å². The number of benzene rings is 1. The number of hydrogen-bond donors (Lipinski definition) is 2. The number of nitrogens with zero attached hydrogens (tertiary/aromatic N) is 1. The van der Waals surface area contributed by atoms with Gasteiger partial charge < -0.3 is 10.6 Å². The third kappa shape index (κ3) is 4.10. The maximum Gasteiger partial charge on any atom is 0.251 e. The lowest BCUT2D eigenvalue weighted by Gasteiger charge is -2.07. The zero-order chi connectivity index (χ0) is 15.2. The number of halogens is 1. The Morgan fingerprint density at radius 3 is 2.71 bits per heavy atom. The highest BCUT2D eigenvalue weighted by atomic mass is 19.1. The second-order valence-corrected chi connectivity index (χ2v) is 4.39. The molecule has 108 valence electrons. The second-order valence-electron chi connectivity index (χ2n) is 4.39. The Labute approximate surface area is 121 Å². The normalized spacial score (nSPS) is 10.0. The van der Waals surface area contributed by atoms with Crippen LogP contribution in [-0.4, -0.2) is 16.8 Å². The van der Waals surface area contributed by atoms with Crippen molar-refractivity contribution in [1.29, 1.82) is 0 Å². The van der Waals surface area contributed by atoms with Gasteiger partial charge in [-0.05, 0) is 18.2 Å². The number of anilines is 1. The lowest BCUT2D eigenvalue weighted by Crippen LogP contribution is -2.23. The lowest BCUT2D eigenvalue weighted by atomic mass is 10.2. The minimum absolute atomic E-state index is 0.0866. The first-order valence-corrected chi connectivity index (χ1v) is 6.31. The Kier molecular flexibility index (Phi) is 4.61. The van der Waals surface area contributed by atoms with Crippen molar-refractivity contribution in [2.45, 2.75) is 13.5 Å². The van der Waals surface area contributed by atoms with E-state index in [1.807, 2.05) is 0 Å². The maximum atomic E-state index is 13.4. The predicted molar refractivity (Wildman–Crippen MR) is 76.1 cm³/mol. The molecule has 0 aliphatic carbocycles. The Balaban J connectivity index is 2.03. The molecule has 2 rings (SSSR count). The van der Waals surface area contributed by atoms with Gasteiger partial charge in [-0.15, -0.1) is 0 Å². The Hall–Kier alpha value is -2.76. The molecule has 0 saturated carbocycles. The van der Waals surface area contributed by atoms with E-state index in [1.54, 1.807) is 18.2 Å². The Bertz CT molecular complexity index is 673. The molecule has 0 fully saturated rings. The van der Waals surface area contributed by atoms with E-state index in [4.69, 9.17) is 0 Å². The fourth-order valence-corrected chi connectivity index (χ4v) is 1.74. The fraction of sp³-hybridized carbons (Fsp3) is 0.133. The van der Waals surface area contributed by atoms with Crippen molar-refractivity contribution in [3.05, 3.63) is 59.5 Å². The number of rotatable bonds is 4. The SMILES string of the molecule is CC(=O)Nc1cc(C(=O)NCc2ccccc2F)ccn1. The van der Waals surface area contributed by atoms with Gasteiger partial charge in [-0.1, -0.05) is 18.2 Å². The van der Waals surface area contributed by atoms with Gasteiger partial charge in [0.15, 0.2) is 0 Å². The van der Waals surface area contributed by atoms with Crippen LogP contribution in [0.4, 0.5) is 10.2 Å². The van der Waals surface area contributed by atoms with Crippen LogP contribution in [0, 0.1) is 5.82 Å². The topological polar surface area (TPSA) is 71.1 Å². The standard InChI is InChI=1S/C15H14FN3O2/c1-10(20)19-14-8-11(6-7-17-14)15(21)18-9-12-4-2-3-5-13(12)16/h2-8H,9H2,1H3,(H,18,21)(H,17,19,20). The van der Waals surface area contributed by atoms with Crippen molar-refractivity contribution < 1.29 is 14.0 Å². The van der Waals surface area contributed by atoms with Crippen LogP contribution in [0.5, 0.6) is 0 Å². The van der Waals surface area contributed by atoms with E-state index in [0.29, 0.717) is 16.9 Å². The first-order chi connectivity index (χ1) is 10.1. The van der Waals surface area contributed by atoms with Crippen LogP contribution in [0.1, 0.15) is 22.8 Å². The molecule has 2 N–H and O–H groups in total. The van der Waals surface area contributed by atoms with Crippen LogP contribution in [0.15, 0.2) is 42.6 Å². The van der Waals surface area contributed by atoms with E-state index in [2.05, 4.69) is 15.6 Å². The zero-order valence-corrected chi connectivity index (χ0v) is 11.4. The van der Waals surface area contributed by atoms with Crippen LogP contribution < -0.4 is 10.6 Å². The van der Waals surface area contributed by atoms with Gasteiger partial charge in [0, 0.05) is 30.8 Å². The van der Waals surface area contributed by atoms with Crippen LogP contribution >= 0.6 is 0 Å². The first-order valence-electron chi connectivity index (χ1n) is 6.31. The molecule has 1 heterocycles. The number of carbonyl (C=O) groups excluding carboxylic acids is 2. The smallest absolute Gasteiger partial charge is 0.251 e. The third-order valence-electron chi connectivity index (χ3n) is 2.72. The van der Waals surface area contributed by atoms with Gasteiger partial charge in [0.05, 0.1) is 0 Å². The van der Waals surface area contributed by atoms with Gasteiger partial charge in [0.25, 0.3) is 5.91 Å². The molecule has 2 amide bonds. The molecule has 0 aliphatic rings. The van der Waals surface area contributed by atoms with Gasteiger partial charge in [0.1, 0.15) is 11.6 Å². The van der Waals surface area contributed by atoms with E-state index in [0.717, 1.165) is 0 Å². The van der Waals surface area contributed by atoms with Crippen LogP contribution in [0.3, 0.4) is 0 Å². The summed E-state index contributed by atoms with van der Waals surface area (Å²) in [5.74, 6) is -0.717. The summed E-state index contributed by atoms with van der Waals surface area (Å²) in [6.45, 7) is 1.44. The van der Waals surface area contributed by atoms with Crippen LogP contribution in [-0.2, 0) is 11.3 Å². The van der Waals surface area contributed by atoms with E-state index in [1.165, 1.54) is 31.3 Å². The van der Waals surface area contributed by atoms with E-state index in [9.17, 15) is 14.0 Å². The first kappa shape index (κ1) is 14.6. The molecule has 0 radical (unpaired) electrons. The predicted octanol–water partition coefficient (Wildman–Crippen LogP) is 2.11. The molecule has 1 aromatic heterocycles. The molecule has 0 unspecified atom stereocenters. The van der Waals surface area contributed by atoms with Crippen molar-refractivity contribution in [3.8, 4) is 0 Å². The molecule has 0 bridgehead atoms. The molecule has 6 heteroatoms. The number of hydrogen-bond acceptors (Lipinski definition) is 3. The minimum atomic E-state index is -0.369. The quantitative estimate of drug-likeness (QED) is 0.904. The molecule has 2 aromatic rings. The highest BCUT2D eigenvalue weighted by Gasteiger charge is 2.08. The molecule has 5 nitrogen and oxygen atoms in total. The average molecular weight is 287 g/mol. The Morgan fingerprint density at radius 1 is 1.24 bits per heavy atom. The van der Waals surface area contributed by atoms with Crippen molar-refractivity contribution >= 4 is 17.6 Å². The summed E-state index contributed by atoms with van der Waals surface area (Å²) in [4.78, 5) is 26.9. The monoisotopic (exact) mass is 287 g/mol. The number of carbonyl (C=O) groups is 2. The number of amides is 2. The van der Waals surface area contributed by atoms with Gasteiger partial charge >= 0.3 is 0 Å². The molecular weight excluding hydrogens is 273 g/mol. The Morgan fingerprint density at radius 2 is 2.00 bits per heavy atom. The zero-order valence-electron chi connectivity index (χ0n) is 11.4. The summed E-state index contributed by atoms with van der Waals surface area (Å²) >= 11 is 0. The summed E-state index contributed by atoms with van der Waals surface area (Å²) in [6.07, 6.45) is 1.42. The molecule has 0 atom stereocenters. The molecule has 0 saturated heterocycles. The average Bonchev–Trinajstić information content (AvgIpc) is 2.45. The maximum absolute atomic E-state index is 13.4. The highest BCUT2D eigenvalue weighted by Crippen LogP contribution is 2.09. The van der Waals surface area contributed by atoms with Crippen molar-refractivity contribution in [2.24, 2.45) is 0 Å². The van der Waals surface area contributed by atoms with Gasteiger partial charge in [0.2, 0.25) is 5.91 Å². The van der Waals surface area contributed by atoms with Crippen LogP contribution in [0.25, 0.3) is 0 Å². The second kappa shape index (κ2) is 6.60. The van der Waals surface area contributed by atoms with Crippen LogP contribution in [0.2, 0.25) is 0 Å². The summed E-state index contributed by atoms with van der Waals surface area (Å²) in [5.41, 5.74) is 0.743. The summed E-state index contributed by atoms with van der Waals surface area (Å²) in [5, 5.41) is 5.11. The summed E-state index contributed by atoms with van der Waals surface area (Å²) in [6, 6.07) is 9.20. The molecule has 21 heavy (non-hydrogen) atoms. The minimum Gasteiger partial charge on any atom is -0.348 e. The molecule has 0 spiro atoms. The van der Waals surface area contributed by atoms with Gasteiger partial charge in [-0.2, -0.15) is 0 Å². The third-order valence-corrected chi connectivity index (χ3v) is 2.72. The van der Waals surface area contributed by atoms with E-state index in [-0.39, 0.29) is 24.2 Å². The number of nitrogens with one attached hydrogen (secondary N) is 2. The summed E-state index contributed by atoms with van der Waals surface area (Å²) in [7, 11) is 0. The number of aromatic nitrogens is 1. The van der Waals surface area contributed by atoms with E-state index < -0.39 is 0 Å². The van der Waals surface area contributed by atoms with Crippen molar-refractivity contribution in [1.82, 2.24) is 10.3 Å². The largest absolute Gasteiger partial charge is 0.348 e. The van der Waals surface area contributed by atoms with Crippen molar-refractivity contribution in [2.75, 3.05) is 5.32 Å². The highest BCUT2D eigenvalue weighted by molar-refractivity contribution is 5.96. The van der Waals surface area contributed by atoms with Crippen molar-refractivity contribution in [3.63, 3.8) is 0 Å². The summed E-state index contributed by atoms with van der Waals surface area (Å²) < 4.78 is 13.4. The van der Waals surface area contributed by atoms with Gasteiger partial charge in [-0.25, -0.2) is 9.37 Å². The van der Waals surface area contributed by atoms with E-state index >= 15 is 0 Å². The fourth-order valence-electron chi connectivity index (χ4n) is 1.74. The molecular formula is C15H14FN3O2. The lowest BCUT2D eigenvalue weighted by molar-refractivity contribution is -0.114. The number of pyridine rings is 1. The molecule has 1 aromatic carbocycles. The molecule has 0 aliphatic heterocycles.